The summed E-state index contributed by atoms with van der Waals surface area (Å²) in [5, 5.41) is 6.63. The van der Waals surface area contributed by atoms with Crippen LogP contribution in [0, 0.1) is 0 Å². The highest BCUT2D eigenvalue weighted by Gasteiger charge is 2.23. The van der Waals surface area contributed by atoms with Crippen molar-refractivity contribution in [1.82, 2.24) is 15.5 Å². The number of carbonyl (C=O) groups is 1. The normalized spacial score (nSPS) is 17.1. The molecule has 2 heterocycles. The van der Waals surface area contributed by atoms with E-state index < -0.39 is 11.7 Å². The molecule has 0 radical (unpaired) electrons. The number of rotatable bonds is 3. The van der Waals surface area contributed by atoms with Crippen molar-refractivity contribution in [2.45, 2.75) is 52.2 Å². The first kappa shape index (κ1) is 14.6. The second kappa shape index (κ2) is 5.68. The van der Waals surface area contributed by atoms with Crippen LogP contribution in [-0.4, -0.2) is 34.9 Å². The van der Waals surface area contributed by atoms with Gasteiger partial charge in [-0.05, 0) is 45.7 Å². The average molecular weight is 282 g/mol. The molecule has 1 N–H and O–H groups in total. The summed E-state index contributed by atoms with van der Waals surface area (Å²) in [6.07, 6.45) is 1.80. The number of hydrogen-bond donors (Lipinski definition) is 1. The van der Waals surface area contributed by atoms with Crippen LogP contribution in [0.3, 0.4) is 0 Å². The van der Waals surface area contributed by atoms with E-state index in [4.69, 9.17) is 9.26 Å². The Kier molecular flexibility index (Phi) is 4.15. The number of carbonyl (C=O) groups excluding carboxylic acids is 1. The topological polar surface area (TPSA) is 80.5 Å². The van der Waals surface area contributed by atoms with E-state index in [1.54, 1.807) is 6.92 Å². The molecule has 0 spiro atoms. The first-order valence-electron chi connectivity index (χ1n) is 6.93. The molecule has 7 heteroatoms. The second-order valence-corrected chi connectivity index (χ2v) is 5.99. The molecule has 0 aliphatic carbocycles. The maximum atomic E-state index is 11.7. The number of hydrogen-bond acceptors (Lipinski definition) is 6. The van der Waals surface area contributed by atoms with E-state index in [1.807, 2.05) is 20.8 Å². The molecule has 1 fully saturated rings. The van der Waals surface area contributed by atoms with E-state index in [9.17, 15) is 4.79 Å². The summed E-state index contributed by atoms with van der Waals surface area (Å²) < 4.78 is 10.4. The van der Waals surface area contributed by atoms with Crippen molar-refractivity contribution in [3.63, 3.8) is 0 Å². The van der Waals surface area contributed by atoms with Crippen LogP contribution in [-0.2, 0) is 4.74 Å². The average Bonchev–Trinajstić information content (AvgIpc) is 2.97. The number of ether oxygens (including phenoxy) is 1. The number of nitrogens with one attached hydrogen (secondary N) is 1. The molecule has 20 heavy (non-hydrogen) atoms. The van der Waals surface area contributed by atoms with E-state index in [0.717, 1.165) is 25.9 Å². The predicted octanol–water partition coefficient (Wildman–Crippen LogP) is 2.26. The van der Waals surface area contributed by atoms with E-state index in [-0.39, 0.29) is 6.04 Å². The van der Waals surface area contributed by atoms with Crippen LogP contribution in [0.5, 0.6) is 0 Å². The van der Waals surface area contributed by atoms with Crippen LogP contribution in [0.25, 0.3) is 0 Å². The molecule has 2 rings (SSSR count). The van der Waals surface area contributed by atoms with Crippen LogP contribution in [0.2, 0.25) is 0 Å². The third kappa shape index (κ3) is 3.85. The standard InChI is InChI=1S/C13H22N4O3/c1-9(14-12(18)19-13(2,3)4)10-15-11(16-20-10)17-7-5-6-8-17/h9H,5-8H2,1-4H3,(H,14,18)/t9-/m0/s1. The van der Waals surface area contributed by atoms with Gasteiger partial charge in [0.05, 0.1) is 0 Å². The zero-order chi connectivity index (χ0) is 14.8. The Morgan fingerprint density at radius 3 is 2.65 bits per heavy atom. The first-order chi connectivity index (χ1) is 9.35. The summed E-state index contributed by atoms with van der Waals surface area (Å²) in [5.74, 6) is 0.980. The van der Waals surface area contributed by atoms with Gasteiger partial charge in [0, 0.05) is 13.1 Å². The smallest absolute Gasteiger partial charge is 0.408 e. The van der Waals surface area contributed by atoms with Crippen molar-refractivity contribution < 1.29 is 14.1 Å². The Hall–Kier alpha value is -1.79. The van der Waals surface area contributed by atoms with Gasteiger partial charge < -0.3 is 19.5 Å². The summed E-state index contributed by atoms with van der Waals surface area (Å²) in [6.45, 7) is 9.13. The SMILES string of the molecule is C[C@H](NC(=O)OC(C)(C)C)c1nc(N2CCCC2)no1. The first-order valence-corrected chi connectivity index (χ1v) is 6.93. The number of alkyl carbamates (subject to hydrolysis) is 1. The van der Waals surface area contributed by atoms with E-state index in [2.05, 4.69) is 20.4 Å². The van der Waals surface area contributed by atoms with Gasteiger partial charge in [-0.2, -0.15) is 4.98 Å². The fourth-order valence-corrected chi connectivity index (χ4v) is 1.99. The monoisotopic (exact) mass is 282 g/mol. The molecule has 1 atom stereocenters. The second-order valence-electron chi connectivity index (χ2n) is 5.99. The van der Waals surface area contributed by atoms with Gasteiger partial charge in [0.1, 0.15) is 11.6 Å². The summed E-state index contributed by atoms with van der Waals surface area (Å²) in [4.78, 5) is 18.1. The fourth-order valence-electron chi connectivity index (χ4n) is 1.99. The van der Waals surface area contributed by atoms with E-state index >= 15 is 0 Å². The van der Waals surface area contributed by atoms with Crippen LogP contribution in [0.15, 0.2) is 4.52 Å². The van der Waals surface area contributed by atoms with E-state index in [1.165, 1.54) is 0 Å². The summed E-state index contributed by atoms with van der Waals surface area (Å²) in [6, 6.07) is -0.381. The lowest BCUT2D eigenvalue weighted by Gasteiger charge is -2.20. The lowest BCUT2D eigenvalue weighted by molar-refractivity contribution is 0.0499. The molecular weight excluding hydrogens is 260 g/mol. The van der Waals surface area contributed by atoms with Crippen molar-refractivity contribution in [3.05, 3.63) is 5.89 Å². The Labute approximate surface area is 118 Å². The number of amides is 1. The van der Waals surface area contributed by atoms with Gasteiger partial charge >= 0.3 is 6.09 Å². The zero-order valence-electron chi connectivity index (χ0n) is 12.5. The minimum atomic E-state index is -0.528. The lowest BCUT2D eigenvalue weighted by atomic mass is 10.2. The van der Waals surface area contributed by atoms with Gasteiger partial charge in [-0.25, -0.2) is 4.79 Å². The fraction of sp³-hybridized carbons (Fsp3) is 0.769. The van der Waals surface area contributed by atoms with Gasteiger partial charge in [0.2, 0.25) is 0 Å². The Bertz CT molecular complexity index is 460. The van der Waals surface area contributed by atoms with Crippen molar-refractivity contribution in [2.24, 2.45) is 0 Å². The molecule has 112 valence electrons. The molecule has 1 aromatic heterocycles. The molecule has 1 saturated heterocycles. The van der Waals surface area contributed by atoms with Crippen LogP contribution >= 0.6 is 0 Å². The molecule has 0 saturated carbocycles. The van der Waals surface area contributed by atoms with Gasteiger partial charge in [-0.3, -0.25) is 0 Å². The third-order valence-electron chi connectivity index (χ3n) is 2.92. The molecule has 1 aliphatic rings. The van der Waals surface area contributed by atoms with Gasteiger partial charge in [-0.1, -0.05) is 0 Å². The maximum Gasteiger partial charge on any atom is 0.408 e. The van der Waals surface area contributed by atoms with Crippen molar-refractivity contribution in [1.29, 1.82) is 0 Å². The van der Waals surface area contributed by atoms with Crippen molar-refractivity contribution in [3.8, 4) is 0 Å². The number of nitrogens with zero attached hydrogens (tertiary/aromatic N) is 3. The summed E-state index contributed by atoms with van der Waals surface area (Å²) in [5.41, 5.74) is -0.528. The highest BCUT2D eigenvalue weighted by Crippen LogP contribution is 2.19. The summed E-state index contributed by atoms with van der Waals surface area (Å²) >= 11 is 0. The summed E-state index contributed by atoms with van der Waals surface area (Å²) in [7, 11) is 0. The Morgan fingerprint density at radius 2 is 2.05 bits per heavy atom. The molecule has 0 bridgehead atoms. The van der Waals surface area contributed by atoms with Crippen molar-refractivity contribution >= 4 is 12.0 Å². The highest BCUT2D eigenvalue weighted by molar-refractivity contribution is 5.68. The largest absolute Gasteiger partial charge is 0.444 e. The van der Waals surface area contributed by atoms with Gasteiger partial charge in [-0.15, -0.1) is 0 Å². The zero-order valence-corrected chi connectivity index (χ0v) is 12.5. The molecule has 1 aromatic rings. The molecular formula is C13H22N4O3. The number of aromatic nitrogens is 2. The predicted molar refractivity (Wildman–Crippen MR) is 73.5 cm³/mol. The quantitative estimate of drug-likeness (QED) is 0.916. The maximum absolute atomic E-state index is 11.7. The Balaban J connectivity index is 1.92. The molecule has 1 aliphatic heterocycles. The minimum absolute atomic E-state index is 0.381. The molecule has 1 amide bonds. The Morgan fingerprint density at radius 1 is 1.40 bits per heavy atom. The molecule has 0 aromatic carbocycles. The van der Waals surface area contributed by atoms with Crippen molar-refractivity contribution in [2.75, 3.05) is 18.0 Å². The minimum Gasteiger partial charge on any atom is -0.444 e. The third-order valence-corrected chi connectivity index (χ3v) is 2.92. The highest BCUT2D eigenvalue weighted by atomic mass is 16.6. The van der Waals surface area contributed by atoms with E-state index in [0.29, 0.717) is 11.8 Å². The molecule has 0 unspecified atom stereocenters. The van der Waals surface area contributed by atoms with Crippen LogP contribution in [0.1, 0.15) is 52.5 Å². The van der Waals surface area contributed by atoms with Crippen LogP contribution < -0.4 is 10.2 Å². The van der Waals surface area contributed by atoms with Crippen LogP contribution in [0.4, 0.5) is 10.7 Å². The lowest BCUT2D eigenvalue weighted by Crippen LogP contribution is -2.34. The number of anilines is 1. The van der Waals surface area contributed by atoms with Gasteiger partial charge in [0.25, 0.3) is 11.8 Å². The van der Waals surface area contributed by atoms with Gasteiger partial charge in [0.15, 0.2) is 0 Å². The molecule has 7 nitrogen and oxygen atoms in total.